The van der Waals surface area contributed by atoms with Crippen LogP contribution in [0.2, 0.25) is 0 Å². The van der Waals surface area contributed by atoms with Crippen molar-refractivity contribution in [1.29, 1.82) is 0 Å². The number of hydrogen-bond acceptors (Lipinski definition) is 8. The largest absolute Gasteiger partial charge is 0.481 e. The molecule has 4 rings (SSSR count). The summed E-state index contributed by atoms with van der Waals surface area (Å²) < 4.78 is 39.0. The second kappa shape index (κ2) is 7.91. The second-order valence-electron chi connectivity index (χ2n) is 6.10. The summed E-state index contributed by atoms with van der Waals surface area (Å²) in [6.07, 6.45) is 6.01. The molecule has 0 aliphatic carbocycles. The molecule has 3 aromatic heterocycles. The van der Waals surface area contributed by atoms with Crippen LogP contribution < -0.4 is 13.8 Å². The Balaban J connectivity index is 1.94. The molecule has 0 amide bonds. The molecule has 0 N–H and O–H groups in total. The van der Waals surface area contributed by atoms with Crippen LogP contribution in [0.25, 0.3) is 10.8 Å². The first kappa shape index (κ1) is 19.5. The number of rotatable bonds is 6. The van der Waals surface area contributed by atoms with Crippen LogP contribution in [0.15, 0.2) is 72.3 Å². The van der Waals surface area contributed by atoms with Gasteiger partial charge < -0.3 is 9.47 Å². The van der Waals surface area contributed by atoms with E-state index < -0.39 is 10.0 Å². The molecule has 3 heterocycles. The quantitative estimate of drug-likeness (QED) is 0.466. The summed E-state index contributed by atoms with van der Waals surface area (Å²) in [6, 6.07) is 11.2. The molecule has 0 unspecified atom stereocenters. The van der Waals surface area contributed by atoms with Gasteiger partial charge in [0.25, 0.3) is 10.0 Å². The van der Waals surface area contributed by atoms with Crippen molar-refractivity contribution in [2.45, 2.75) is 4.90 Å². The highest BCUT2D eigenvalue weighted by Crippen LogP contribution is 2.37. The monoisotopic (exact) mass is 423 g/mol. The number of aromatic nitrogens is 4. The van der Waals surface area contributed by atoms with E-state index in [1.165, 1.54) is 38.9 Å². The minimum absolute atomic E-state index is 0.0709. The smallest absolute Gasteiger partial charge is 0.270 e. The maximum Gasteiger partial charge on any atom is 0.270 e. The van der Waals surface area contributed by atoms with Crippen LogP contribution in [0, 0.1) is 0 Å². The fraction of sp³-hybridized carbons (Fsp3) is 0.100. The summed E-state index contributed by atoms with van der Waals surface area (Å²) >= 11 is 0. The predicted molar refractivity (Wildman–Crippen MR) is 110 cm³/mol. The van der Waals surface area contributed by atoms with Crippen LogP contribution in [0.4, 0.5) is 11.5 Å². The van der Waals surface area contributed by atoms with E-state index in [2.05, 4.69) is 19.9 Å². The molecule has 0 saturated carbocycles. The highest BCUT2D eigenvalue weighted by Gasteiger charge is 2.31. The van der Waals surface area contributed by atoms with E-state index >= 15 is 0 Å². The van der Waals surface area contributed by atoms with Gasteiger partial charge in [-0.3, -0.25) is 4.98 Å². The fourth-order valence-corrected chi connectivity index (χ4v) is 4.42. The van der Waals surface area contributed by atoms with Gasteiger partial charge in [0.1, 0.15) is 12.0 Å². The summed E-state index contributed by atoms with van der Waals surface area (Å²) in [6.45, 7) is 0. The Labute approximate surface area is 173 Å². The number of nitrogens with zero attached hydrogens (tertiary/aromatic N) is 5. The molecule has 0 fully saturated rings. The minimum atomic E-state index is -4.09. The van der Waals surface area contributed by atoms with Gasteiger partial charge in [0.2, 0.25) is 11.8 Å². The first-order valence-electron chi connectivity index (χ1n) is 8.79. The Morgan fingerprint density at radius 3 is 2.47 bits per heavy atom. The summed E-state index contributed by atoms with van der Waals surface area (Å²) in [5.74, 6) is 0.500. The number of benzene rings is 1. The lowest BCUT2D eigenvalue weighted by Crippen LogP contribution is -2.27. The molecular weight excluding hydrogens is 406 g/mol. The standard InChI is InChI=1S/C20H17N5O4S/c1-28-19-6-5-17(20(24-19)29-2)25(18-8-10-22-13-23-18)30(26,27)16-4-3-15-12-21-9-7-14(15)11-16/h3-13H,1-2H3. The van der Waals surface area contributed by atoms with Crippen LogP contribution in [0.5, 0.6) is 11.8 Å². The molecule has 0 bridgehead atoms. The topological polar surface area (TPSA) is 107 Å². The zero-order valence-electron chi connectivity index (χ0n) is 16.1. The molecule has 0 radical (unpaired) electrons. The summed E-state index contributed by atoms with van der Waals surface area (Å²) in [4.78, 5) is 16.4. The molecule has 0 aliphatic heterocycles. The maximum atomic E-state index is 13.7. The van der Waals surface area contributed by atoms with Gasteiger partial charge in [-0.2, -0.15) is 4.98 Å². The molecule has 10 heteroatoms. The van der Waals surface area contributed by atoms with Crippen molar-refractivity contribution >= 4 is 32.3 Å². The number of ether oxygens (including phenoxy) is 2. The number of sulfonamides is 1. The lowest BCUT2D eigenvalue weighted by molar-refractivity contribution is 0.365. The zero-order valence-corrected chi connectivity index (χ0v) is 16.9. The van der Waals surface area contributed by atoms with E-state index in [4.69, 9.17) is 9.47 Å². The van der Waals surface area contributed by atoms with E-state index in [0.717, 1.165) is 15.1 Å². The molecule has 152 valence electrons. The van der Waals surface area contributed by atoms with Crippen LogP contribution in [-0.4, -0.2) is 42.6 Å². The van der Waals surface area contributed by atoms with E-state index in [9.17, 15) is 8.42 Å². The minimum Gasteiger partial charge on any atom is -0.481 e. The summed E-state index contributed by atoms with van der Waals surface area (Å²) in [5.41, 5.74) is 0.187. The average molecular weight is 423 g/mol. The molecule has 0 atom stereocenters. The highest BCUT2D eigenvalue weighted by atomic mass is 32.2. The van der Waals surface area contributed by atoms with Gasteiger partial charge in [-0.05, 0) is 29.7 Å². The molecule has 4 aromatic rings. The summed E-state index contributed by atoms with van der Waals surface area (Å²) in [7, 11) is -1.22. The van der Waals surface area contributed by atoms with Gasteiger partial charge >= 0.3 is 0 Å². The van der Waals surface area contributed by atoms with Crippen LogP contribution in [0.3, 0.4) is 0 Å². The van der Waals surface area contributed by atoms with Gasteiger partial charge in [0.15, 0.2) is 5.82 Å². The number of fused-ring (bicyclic) bond motifs is 1. The van der Waals surface area contributed by atoms with E-state index in [1.54, 1.807) is 42.7 Å². The van der Waals surface area contributed by atoms with Crippen molar-refractivity contribution in [3.05, 3.63) is 67.4 Å². The van der Waals surface area contributed by atoms with Crippen molar-refractivity contribution in [2.24, 2.45) is 0 Å². The van der Waals surface area contributed by atoms with Crippen molar-refractivity contribution < 1.29 is 17.9 Å². The average Bonchev–Trinajstić information content (AvgIpc) is 2.79. The van der Waals surface area contributed by atoms with Crippen molar-refractivity contribution in [1.82, 2.24) is 19.9 Å². The number of methoxy groups -OCH3 is 2. The van der Waals surface area contributed by atoms with Crippen molar-refractivity contribution in [3.8, 4) is 11.8 Å². The third-order valence-corrected chi connectivity index (χ3v) is 6.07. The Morgan fingerprint density at radius 2 is 1.73 bits per heavy atom. The van der Waals surface area contributed by atoms with Gasteiger partial charge in [0, 0.05) is 36.1 Å². The first-order valence-corrected chi connectivity index (χ1v) is 10.2. The van der Waals surface area contributed by atoms with Crippen LogP contribution >= 0.6 is 0 Å². The van der Waals surface area contributed by atoms with E-state index in [-0.39, 0.29) is 28.2 Å². The van der Waals surface area contributed by atoms with Crippen molar-refractivity contribution in [3.63, 3.8) is 0 Å². The molecule has 9 nitrogen and oxygen atoms in total. The third kappa shape index (κ3) is 3.48. The molecule has 30 heavy (non-hydrogen) atoms. The Hall–Kier alpha value is -3.79. The number of pyridine rings is 2. The lowest BCUT2D eigenvalue weighted by atomic mass is 10.2. The fourth-order valence-electron chi connectivity index (χ4n) is 2.94. The number of hydrogen-bond donors (Lipinski definition) is 0. The SMILES string of the molecule is COc1ccc(N(c2ccncn2)S(=O)(=O)c2ccc3cnccc3c2)c(OC)n1. The van der Waals surface area contributed by atoms with E-state index in [1.807, 2.05) is 0 Å². The molecule has 0 spiro atoms. The normalized spacial score (nSPS) is 11.3. The Bertz CT molecular complexity index is 1300. The Morgan fingerprint density at radius 1 is 0.900 bits per heavy atom. The summed E-state index contributed by atoms with van der Waals surface area (Å²) in [5, 5.41) is 1.57. The van der Waals surface area contributed by atoms with Crippen molar-refractivity contribution in [2.75, 3.05) is 18.5 Å². The zero-order chi connectivity index (χ0) is 21.1. The maximum absolute atomic E-state index is 13.7. The third-order valence-electron chi connectivity index (χ3n) is 4.36. The molecule has 1 aromatic carbocycles. The highest BCUT2D eigenvalue weighted by molar-refractivity contribution is 7.93. The number of anilines is 2. The van der Waals surface area contributed by atoms with Crippen LogP contribution in [0.1, 0.15) is 0 Å². The van der Waals surface area contributed by atoms with Gasteiger partial charge in [-0.1, -0.05) is 6.07 Å². The van der Waals surface area contributed by atoms with Crippen LogP contribution in [-0.2, 0) is 10.0 Å². The lowest BCUT2D eigenvalue weighted by Gasteiger charge is -2.24. The second-order valence-corrected chi connectivity index (χ2v) is 7.89. The Kier molecular flexibility index (Phi) is 5.15. The molecular formula is C20H17N5O4S. The predicted octanol–water partition coefficient (Wildman–Crippen LogP) is 2.96. The molecule has 0 aliphatic rings. The first-order chi connectivity index (χ1) is 14.5. The van der Waals surface area contributed by atoms with Gasteiger partial charge in [-0.15, -0.1) is 0 Å². The van der Waals surface area contributed by atoms with Gasteiger partial charge in [-0.25, -0.2) is 22.7 Å². The van der Waals surface area contributed by atoms with E-state index in [0.29, 0.717) is 0 Å². The van der Waals surface area contributed by atoms with Gasteiger partial charge in [0.05, 0.1) is 19.1 Å². The molecule has 0 saturated heterocycles.